The third-order valence-corrected chi connectivity index (χ3v) is 9.12. The largest absolute Gasteiger partial charge is 0.417 e. The lowest BCUT2D eigenvalue weighted by Crippen LogP contribution is -2.46. The summed E-state index contributed by atoms with van der Waals surface area (Å²) in [5.74, 6) is -0.570. The van der Waals surface area contributed by atoms with Crippen molar-refractivity contribution < 1.29 is 19.0 Å². The van der Waals surface area contributed by atoms with E-state index in [9.17, 15) is 0 Å². The lowest BCUT2D eigenvalue weighted by molar-refractivity contribution is -0.302. The van der Waals surface area contributed by atoms with E-state index in [2.05, 4.69) is 33.9 Å². The van der Waals surface area contributed by atoms with Crippen molar-refractivity contribution >= 4 is 8.32 Å². The van der Waals surface area contributed by atoms with Crippen LogP contribution < -0.4 is 0 Å². The van der Waals surface area contributed by atoms with Gasteiger partial charge in [0.25, 0.3) is 0 Å². The summed E-state index contributed by atoms with van der Waals surface area (Å²) >= 11 is 0. The van der Waals surface area contributed by atoms with Gasteiger partial charge in [0.1, 0.15) is 0 Å². The van der Waals surface area contributed by atoms with Gasteiger partial charge < -0.3 is 19.0 Å². The van der Waals surface area contributed by atoms with Gasteiger partial charge in [0, 0.05) is 19.6 Å². The summed E-state index contributed by atoms with van der Waals surface area (Å²) in [6, 6.07) is 0. The lowest BCUT2D eigenvalue weighted by atomic mass is 10.0. The van der Waals surface area contributed by atoms with Gasteiger partial charge in [0.15, 0.2) is 14.1 Å². The summed E-state index contributed by atoms with van der Waals surface area (Å²) in [5, 5.41) is 9.35. The van der Waals surface area contributed by atoms with E-state index in [-0.39, 0.29) is 23.9 Å². The molecule has 1 heterocycles. The molecule has 0 aromatic rings. The SMILES string of the molecule is CC1(C)O[C@H](CCO)C[C@H](CCO[Si](C)(C)C(C)(C)C)O1. The second-order valence-electron chi connectivity index (χ2n) is 8.02. The Morgan fingerprint density at radius 1 is 1.14 bits per heavy atom. The first-order valence-corrected chi connectivity index (χ1v) is 11.0. The number of rotatable bonds is 6. The lowest BCUT2D eigenvalue weighted by Gasteiger charge is -2.41. The molecule has 0 spiro atoms. The first-order chi connectivity index (χ1) is 9.47. The Morgan fingerprint density at radius 3 is 2.14 bits per heavy atom. The monoisotopic (exact) mass is 318 g/mol. The molecule has 21 heavy (non-hydrogen) atoms. The maximum atomic E-state index is 9.11. The number of hydrogen-bond acceptors (Lipinski definition) is 4. The fourth-order valence-corrected chi connectivity index (χ4v) is 3.44. The maximum absolute atomic E-state index is 9.11. The molecule has 0 aromatic heterocycles. The van der Waals surface area contributed by atoms with E-state index in [1.807, 2.05) is 13.8 Å². The van der Waals surface area contributed by atoms with Crippen molar-refractivity contribution in [3.8, 4) is 0 Å². The summed E-state index contributed by atoms with van der Waals surface area (Å²) in [5.41, 5.74) is 0. The van der Waals surface area contributed by atoms with Crippen LogP contribution in [-0.4, -0.2) is 44.6 Å². The summed E-state index contributed by atoms with van der Waals surface area (Å²) in [6.45, 7) is 16.1. The van der Waals surface area contributed by atoms with E-state index in [4.69, 9.17) is 19.0 Å². The topological polar surface area (TPSA) is 47.9 Å². The van der Waals surface area contributed by atoms with Crippen LogP contribution >= 0.6 is 0 Å². The molecular formula is C16H34O4Si. The molecule has 2 atom stereocenters. The smallest absolute Gasteiger partial charge is 0.191 e. The Morgan fingerprint density at radius 2 is 1.67 bits per heavy atom. The fourth-order valence-electron chi connectivity index (χ4n) is 2.38. The molecule has 1 N–H and O–H groups in total. The van der Waals surface area contributed by atoms with E-state index in [1.54, 1.807) is 0 Å². The van der Waals surface area contributed by atoms with Crippen LogP contribution in [0.3, 0.4) is 0 Å². The van der Waals surface area contributed by atoms with Gasteiger partial charge in [-0.3, -0.25) is 0 Å². The maximum Gasteiger partial charge on any atom is 0.191 e. The summed E-state index contributed by atoms with van der Waals surface area (Å²) in [4.78, 5) is 0. The molecule has 1 aliphatic heterocycles. The Kier molecular flexibility index (Phi) is 6.45. The quantitative estimate of drug-likeness (QED) is 0.759. The van der Waals surface area contributed by atoms with Gasteiger partial charge in [0.05, 0.1) is 12.2 Å². The van der Waals surface area contributed by atoms with Crippen LogP contribution in [0.5, 0.6) is 0 Å². The van der Waals surface area contributed by atoms with Crippen LogP contribution in [0.25, 0.3) is 0 Å². The molecule has 1 aliphatic rings. The molecule has 1 saturated heterocycles. The summed E-state index contributed by atoms with van der Waals surface area (Å²) in [6.07, 6.45) is 2.63. The van der Waals surface area contributed by atoms with Gasteiger partial charge in [-0.15, -0.1) is 0 Å². The molecule has 4 nitrogen and oxygen atoms in total. The minimum Gasteiger partial charge on any atom is -0.417 e. The highest BCUT2D eigenvalue weighted by Crippen LogP contribution is 2.37. The standard InChI is InChI=1S/C16H34O4Si/c1-15(2,3)21(6,7)18-11-9-14-12-13(8-10-17)19-16(4,5)20-14/h13-14,17H,8-12H2,1-7H3/t13-,14+/m1/s1. The Hall–Kier alpha value is 0.0569. The van der Waals surface area contributed by atoms with Crippen molar-refractivity contribution in [1.82, 2.24) is 0 Å². The van der Waals surface area contributed by atoms with E-state index in [1.165, 1.54) is 0 Å². The molecule has 0 bridgehead atoms. The molecule has 0 saturated carbocycles. The molecule has 0 aliphatic carbocycles. The first kappa shape index (κ1) is 19.1. The molecule has 1 fully saturated rings. The molecule has 0 amide bonds. The third kappa shape index (κ3) is 5.98. The molecule has 1 rings (SSSR count). The molecular weight excluding hydrogens is 284 g/mol. The zero-order chi connectivity index (χ0) is 16.3. The summed E-state index contributed by atoms with van der Waals surface area (Å²) in [7, 11) is -1.68. The normalized spacial score (nSPS) is 26.9. The molecule has 0 radical (unpaired) electrons. The second-order valence-corrected chi connectivity index (χ2v) is 12.8. The van der Waals surface area contributed by atoms with Gasteiger partial charge in [-0.05, 0) is 44.8 Å². The minimum atomic E-state index is -1.68. The molecule has 5 heteroatoms. The van der Waals surface area contributed by atoms with Crippen molar-refractivity contribution in [2.45, 2.75) is 90.0 Å². The first-order valence-electron chi connectivity index (χ1n) is 8.07. The van der Waals surface area contributed by atoms with Gasteiger partial charge in [0.2, 0.25) is 0 Å². The van der Waals surface area contributed by atoms with Crippen LogP contribution in [0.4, 0.5) is 0 Å². The van der Waals surface area contributed by atoms with Crippen LogP contribution in [0.1, 0.15) is 53.9 Å². The average Bonchev–Trinajstić information content (AvgIpc) is 2.25. The van der Waals surface area contributed by atoms with Crippen molar-refractivity contribution in [2.75, 3.05) is 13.2 Å². The number of aliphatic hydroxyl groups is 1. The van der Waals surface area contributed by atoms with Crippen molar-refractivity contribution in [3.63, 3.8) is 0 Å². The van der Waals surface area contributed by atoms with Gasteiger partial charge in [-0.2, -0.15) is 0 Å². The Labute approximate surface area is 131 Å². The zero-order valence-electron chi connectivity index (χ0n) is 14.9. The van der Waals surface area contributed by atoms with Crippen LogP contribution in [0.15, 0.2) is 0 Å². The van der Waals surface area contributed by atoms with Crippen molar-refractivity contribution in [2.24, 2.45) is 0 Å². The van der Waals surface area contributed by atoms with Crippen LogP contribution in [-0.2, 0) is 13.9 Å². The fraction of sp³-hybridized carbons (Fsp3) is 1.00. The van der Waals surface area contributed by atoms with E-state index in [0.717, 1.165) is 19.4 Å². The predicted molar refractivity (Wildman–Crippen MR) is 87.9 cm³/mol. The van der Waals surface area contributed by atoms with Gasteiger partial charge in [-0.1, -0.05) is 20.8 Å². The van der Waals surface area contributed by atoms with Gasteiger partial charge >= 0.3 is 0 Å². The Bertz CT molecular complexity index is 323. The third-order valence-electron chi connectivity index (χ3n) is 4.59. The van der Waals surface area contributed by atoms with Crippen LogP contribution in [0, 0.1) is 0 Å². The zero-order valence-corrected chi connectivity index (χ0v) is 15.9. The van der Waals surface area contributed by atoms with E-state index >= 15 is 0 Å². The summed E-state index contributed by atoms with van der Waals surface area (Å²) < 4.78 is 18.0. The Balaban J connectivity index is 2.47. The van der Waals surface area contributed by atoms with Gasteiger partial charge in [-0.25, -0.2) is 0 Å². The molecule has 0 aromatic carbocycles. The average molecular weight is 319 g/mol. The number of ether oxygens (including phenoxy) is 2. The van der Waals surface area contributed by atoms with E-state index in [0.29, 0.717) is 6.42 Å². The molecule has 0 unspecified atom stereocenters. The highest BCUT2D eigenvalue weighted by Gasteiger charge is 2.38. The van der Waals surface area contributed by atoms with E-state index < -0.39 is 14.1 Å². The molecule has 126 valence electrons. The second kappa shape index (κ2) is 7.09. The minimum absolute atomic E-state index is 0.0802. The predicted octanol–water partition coefficient (Wildman–Crippen LogP) is 3.69. The highest BCUT2D eigenvalue weighted by molar-refractivity contribution is 6.74. The van der Waals surface area contributed by atoms with Crippen molar-refractivity contribution in [1.29, 1.82) is 0 Å². The highest BCUT2D eigenvalue weighted by atomic mass is 28.4. The van der Waals surface area contributed by atoms with Crippen LogP contribution in [0.2, 0.25) is 18.1 Å². The number of aliphatic hydroxyl groups excluding tert-OH is 1. The number of hydrogen-bond donors (Lipinski definition) is 1. The van der Waals surface area contributed by atoms with Crippen molar-refractivity contribution in [3.05, 3.63) is 0 Å².